The molecule has 7 nitrogen and oxygen atoms in total. The zero-order valence-electron chi connectivity index (χ0n) is 17.1. The number of nitrogens with zero attached hydrogens (tertiary/aromatic N) is 1. The summed E-state index contributed by atoms with van der Waals surface area (Å²) >= 11 is 12.7. The molecule has 0 fully saturated rings. The molecule has 0 saturated carbocycles. The van der Waals surface area contributed by atoms with Crippen molar-refractivity contribution in [2.45, 2.75) is 44.6 Å². The fraction of sp³-hybridized carbons (Fsp3) is 0.318. The van der Waals surface area contributed by atoms with E-state index in [1.165, 1.54) is 4.90 Å². The van der Waals surface area contributed by atoms with Crippen LogP contribution in [-0.2, 0) is 19.1 Å². The summed E-state index contributed by atoms with van der Waals surface area (Å²) in [5.74, 6) is -3.32. The second kappa shape index (κ2) is 8.59. The minimum atomic E-state index is -2.60. The number of fused-ring (bicyclic) bond motifs is 1. The fourth-order valence-corrected chi connectivity index (χ4v) is 4.09. The Kier molecular flexibility index (Phi) is 6.43. The van der Waals surface area contributed by atoms with Gasteiger partial charge in [-0.2, -0.15) is 0 Å². The number of aliphatic carboxylic acids is 1. The van der Waals surface area contributed by atoms with E-state index in [9.17, 15) is 19.5 Å². The number of carboxylic acid groups (broad SMARTS) is 1. The number of halogens is 2. The van der Waals surface area contributed by atoms with E-state index in [1.807, 2.05) is 0 Å². The highest BCUT2D eigenvalue weighted by atomic mass is 35.5. The number of Topliss-reactive ketones (excluding diaryl/α,β-unsaturated/α-hetero) is 1. The van der Waals surface area contributed by atoms with Crippen molar-refractivity contribution in [2.75, 3.05) is 4.90 Å². The molecule has 3 rings (SSSR count). The predicted octanol–water partition coefficient (Wildman–Crippen LogP) is 3.59. The molecule has 1 aliphatic heterocycles. The third-order valence-corrected chi connectivity index (χ3v) is 5.90. The number of benzene rings is 2. The SMILES string of the molecule is CC(=O)C(N)(C(=O)O)[C@@H]1O[C@@H](c2ccccc2Cl)c2cc(Cl)ccc2N(C(C)C)C1=O. The molecule has 1 aliphatic rings. The summed E-state index contributed by atoms with van der Waals surface area (Å²) in [5.41, 5.74) is 4.89. The maximum absolute atomic E-state index is 13.6. The first-order valence-electron chi connectivity index (χ1n) is 9.55. The van der Waals surface area contributed by atoms with Crippen molar-refractivity contribution in [3.63, 3.8) is 0 Å². The molecule has 2 aromatic carbocycles. The monoisotopic (exact) mass is 464 g/mol. The van der Waals surface area contributed by atoms with E-state index >= 15 is 0 Å². The summed E-state index contributed by atoms with van der Waals surface area (Å²) in [7, 11) is 0. The molecule has 2 aromatic rings. The van der Waals surface area contributed by atoms with Crippen LogP contribution in [0.1, 0.15) is 38.0 Å². The number of ether oxygens (including phenoxy) is 1. The van der Waals surface area contributed by atoms with E-state index in [2.05, 4.69) is 0 Å². The molecular weight excluding hydrogens is 443 g/mol. The highest BCUT2D eigenvalue weighted by Crippen LogP contribution is 2.43. The standard InChI is InChI=1S/C22H22Cl2N2O5/c1-11(2)26-17-9-8-13(23)10-15(17)18(14-6-4-5-7-16(14)24)31-19(20(26)28)22(25,12(3)27)21(29)30/h4-11,18-19H,25H2,1-3H3,(H,29,30)/t18-,19+,22?/m0/s1. The molecule has 3 N–H and O–H groups in total. The van der Waals surface area contributed by atoms with Crippen LogP contribution in [0.25, 0.3) is 0 Å². The molecule has 164 valence electrons. The summed E-state index contributed by atoms with van der Waals surface area (Å²) < 4.78 is 6.08. The van der Waals surface area contributed by atoms with E-state index in [-0.39, 0.29) is 0 Å². The molecule has 0 bridgehead atoms. The molecule has 0 aromatic heterocycles. The van der Waals surface area contributed by atoms with Gasteiger partial charge in [0.05, 0.1) is 5.69 Å². The van der Waals surface area contributed by atoms with Crippen LogP contribution in [0.3, 0.4) is 0 Å². The van der Waals surface area contributed by atoms with Crippen LogP contribution >= 0.6 is 23.2 Å². The van der Waals surface area contributed by atoms with Crippen LogP contribution in [0, 0.1) is 0 Å². The maximum atomic E-state index is 13.6. The van der Waals surface area contributed by atoms with E-state index < -0.39 is 41.4 Å². The Morgan fingerprint density at radius 2 is 1.81 bits per heavy atom. The maximum Gasteiger partial charge on any atom is 0.334 e. The number of carbonyl (C=O) groups is 3. The van der Waals surface area contributed by atoms with Crippen molar-refractivity contribution in [3.8, 4) is 0 Å². The zero-order chi connectivity index (χ0) is 23.1. The van der Waals surface area contributed by atoms with Crippen LogP contribution in [-0.4, -0.2) is 40.5 Å². The number of carboxylic acids is 1. The van der Waals surface area contributed by atoms with Crippen molar-refractivity contribution in [1.29, 1.82) is 0 Å². The third kappa shape index (κ3) is 3.94. The highest BCUT2D eigenvalue weighted by molar-refractivity contribution is 6.31. The minimum Gasteiger partial charge on any atom is -0.479 e. The van der Waals surface area contributed by atoms with Gasteiger partial charge in [0.1, 0.15) is 6.10 Å². The number of ketones is 1. The average molecular weight is 465 g/mol. The molecule has 1 unspecified atom stereocenters. The second-order valence-corrected chi connectivity index (χ2v) is 8.50. The average Bonchev–Trinajstić information content (AvgIpc) is 2.81. The molecule has 1 heterocycles. The van der Waals surface area contributed by atoms with Gasteiger partial charge < -0.3 is 20.5 Å². The fourth-order valence-electron chi connectivity index (χ4n) is 3.68. The lowest BCUT2D eigenvalue weighted by Crippen LogP contribution is -2.67. The second-order valence-electron chi connectivity index (χ2n) is 7.65. The third-order valence-electron chi connectivity index (χ3n) is 5.32. The first-order valence-corrected chi connectivity index (χ1v) is 10.3. The summed E-state index contributed by atoms with van der Waals surface area (Å²) in [6, 6.07) is 11.3. The minimum absolute atomic E-state index is 0.336. The Labute approximate surface area is 189 Å². The molecule has 0 radical (unpaired) electrons. The molecule has 31 heavy (non-hydrogen) atoms. The zero-order valence-corrected chi connectivity index (χ0v) is 18.6. The molecule has 1 amide bonds. The number of nitrogens with two attached hydrogens (primary N) is 1. The van der Waals surface area contributed by atoms with Crippen molar-refractivity contribution in [2.24, 2.45) is 5.73 Å². The van der Waals surface area contributed by atoms with Gasteiger partial charge in [0.25, 0.3) is 5.91 Å². The quantitative estimate of drug-likeness (QED) is 0.654. The number of hydrogen-bond acceptors (Lipinski definition) is 5. The van der Waals surface area contributed by atoms with Gasteiger partial charge in [-0.1, -0.05) is 41.4 Å². The van der Waals surface area contributed by atoms with E-state index in [0.29, 0.717) is 26.9 Å². The van der Waals surface area contributed by atoms with Gasteiger partial charge in [-0.3, -0.25) is 9.59 Å². The van der Waals surface area contributed by atoms with Gasteiger partial charge >= 0.3 is 5.97 Å². The Morgan fingerprint density at radius 3 is 2.35 bits per heavy atom. The molecule has 3 atom stereocenters. The smallest absolute Gasteiger partial charge is 0.334 e. The van der Waals surface area contributed by atoms with E-state index in [0.717, 1.165) is 6.92 Å². The first kappa shape index (κ1) is 23.2. The molecule has 0 spiro atoms. The van der Waals surface area contributed by atoms with Gasteiger partial charge in [0, 0.05) is 27.2 Å². The normalized spacial score (nSPS) is 20.7. The molecular formula is C22H22Cl2N2O5. The van der Waals surface area contributed by atoms with Gasteiger partial charge in [0.2, 0.25) is 5.54 Å². The topological polar surface area (TPSA) is 110 Å². The van der Waals surface area contributed by atoms with Gasteiger partial charge in [0.15, 0.2) is 11.9 Å². The molecule has 9 heteroatoms. The summed E-state index contributed by atoms with van der Waals surface area (Å²) in [6.45, 7) is 4.54. The number of rotatable bonds is 5. The van der Waals surface area contributed by atoms with Crippen molar-refractivity contribution in [1.82, 2.24) is 0 Å². The van der Waals surface area contributed by atoms with E-state index in [4.69, 9.17) is 33.7 Å². The number of amides is 1. The number of carbonyl (C=O) groups excluding carboxylic acids is 2. The lowest BCUT2D eigenvalue weighted by Gasteiger charge is -2.34. The first-order chi connectivity index (χ1) is 14.5. The van der Waals surface area contributed by atoms with Crippen LogP contribution in [0.2, 0.25) is 10.0 Å². The Balaban J connectivity index is 2.35. The van der Waals surface area contributed by atoms with E-state index in [1.54, 1.807) is 56.3 Å². The summed E-state index contributed by atoms with van der Waals surface area (Å²) in [5, 5.41) is 10.5. The van der Waals surface area contributed by atoms with Crippen LogP contribution in [0.15, 0.2) is 42.5 Å². The highest BCUT2D eigenvalue weighted by Gasteiger charge is 2.55. The van der Waals surface area contributed by atoms with Crippen LogP contribution in [0.5, 0.6) is 0 Å². The Morgan fingerprint density at radius 1 is 1.16 bits per heavy atom. The van der Waals surface area contributed by atoms with Gasteiger partial charge in [-0.15, -0.1) is 0 Å². The van der Waals surface area contributed by atoms with Crippen LogP contribution in [0.4, 0.5) is 5.69 Å². The lowest BCUT2D eigenvalue weighted by atomic mass is 9.88. The van der Waals surface area contributed by atoms with Gasteiger partial charge in [-0.05, 0) is 45.0 Å². The van der Waals surface area contributed by atoms with Crippen molar-refractivity contribution >= 4 is 46.5 Å². The van der Waals surface area contributed by atoms with Crippen LogP contribution < -0.4 is 10.6 Å². The molecule has 0 aliphatic carbocycles. The Bertz CT molecular complexity index is 1040. The summed E-state index contributed by atoms with van der Waals surface area (Å²) in [6.07, 6.45) is -2.81. The number of anilines is 1. The Hall–Kier alpha value is -2.45. The largest absolute Gasteiger partial charge is 0.479 e. The van der Waals surface area contributed by atoms with Crippen molar-refractivity contribution < 1.29 is 24.2 Å². The lowest BCUT2D eigenvalue weighted by molar-refractivity contribution is -0.162. The van der Waals surface area contributed by atoms with Gasteiger partial charge in [-0.25, -0.2) is 4.79 Å². The number of hydrogen-bond donors (Lipinski definition) is 2. The van der Waals surface area contributed by atoms with Crippen molar-refractivity contribution in [3.05, 3.63) is 63.6 Å². The summed E-state index contributed by atoms with van der Waals surface area (Å²) in [4.78, 5) is 39.4. The molecule has 0 saturated heterocycles. The predicted molar refractivity (Wildman–Crippen MR) is 117 cm³/mol.